The Balaban J connectivity index is 1.70. The van der Waals surface area contributed by atoms with E-state index >= 15 is 0 Å². The molecule has 0 radical (unpaired) electrons. The highest BCUT2D eigenvalue weighted by molar-refractivity contribution is 7.91. The molecule has 1 heterocycles. The van der Waals surface area contributed by atoms with Crippen molar-refractivity contribution in [3.05, 3.63) is 83.4 Å². The van der Waals surface area contributed by atoms with Crippen LogP contribution in [0.3, 0.4) is 0 Å². The van der Waals surface area contributed by atoms with Crippen molar-refractivity contribution in [1.29, 1.82) is 0 Å². The molecule has 0 bridgehead atoms. The number of carbonyl (C=O) groups is 1. The van der Waals surface area contributed by atoms with Crippen molar-refractivity contribution < 1.29 is 13.2 Å². The van der Waals surface area contributed by atoms with Gasteiger partial charge in [-0.2, -0.15) is 0 Å². The summed E-state index contributed by atoms with van der Waals surface area (Å²) in [5.74, 6) is -0.348. The number of anilines is 1. The molecule has 3 aromatic carbocycles. The van der Waals surface area contributed by atoms with Crippen molar-refractivity contribution in [1.82, 2.24) is 0 Å². The lowest BCUT2D eigenvalue weighted by atomic mass is 10.1. The van der Waals surface area contributed by atoms with Crippen LogP contribution in [0.25, 0.3) is 0 Å². The normalized spacial score (nSPS) is 14.9. The molecule has 0 atom stereocenters. The summed E-state index contributed by atoms with van der Waals surface area (Å²) in [6.07, 6.45) is 0. The van der Waals surface area contributed by atoms with Crippen LogP contribution in [0.5, 0.6) is 0 Å². The molecule has 0 spiro atoms. The molecule has 0 saturated heterocycles. The number of hydrogen-bond acceptors (Lipinski definition) is 4. The monoisotopic (exact) mass is 396 g/mol. The summed E-state index contributed by atoms with van der Waals surface area (Å²) in [5, 5.41) is 3.14. The summed E-state index contributed by atoms with van der Waals surface area (Å²) in [6, 6.07) is 19.5. The van der Waals surface area contributed by atoms with Crippen LogP contribution in [0.4, 0.5) is 11.4 Å². The number of para-hydroxylation sites is 1. The summed E-state index contributed by atoms with van der Waals surface area (Å²) in [7, 11) is -3.59. The van der Waals surface area contributed by atoms with Crippen LogP contribution < -0.4 is 5.32 Å². The molecule has 134 valence electrons. The Morgan fingerprint density at radius 2 is 1.48 bits per heavy atom. The molecule has 1 aliphatic rings. The lowest BCUT2D eigenvalue weighted by Crippen LogP contribution is -2.13. The summed E-state index contributed by atoms with van der Waals surface area (Å²) in [6.45, 7) is 0. The second-order valence-electron chi connectivity index (χ2n) is 5.89. The van der Waals surface area contributed by atoms with E-state index in [0.717, 1.165) is 0 Å². The van der Waals surface area contributed by atoms with E-state index in [4.69, 9.17) is 11.6 Å². The maximum Gasteiger partial charge on any atom is 0.275 e. The minimum atomic E-state index is -3.59. The molecule has 27 heavy (non-hydrogen) atoms. The van der Waals surface area contributed by atoms with Gasteiger partial charge in [0.1, 0.15) is 5.71 Å². The van der Waals surface area contributed by atoms with Gasteiger partial charge in [0.15, 0.2) is 0 Å². The van der Waals surface area contributed by atoms with E-state index in [9.17, 15) is 13.2 Å². The maximum absolute atomic E-state index is 12.6. The highest BCUT2D eigenvalue weighted by atomic mass is 35.5. The molecular formula is C20H13ClN2O3S. The lowest BCUT2D eigenvalue weighted by Gasteiger charge is -2.05. The average molecular weight is 397 g/mol. The standard InChI is InChI=1S/C20H13ClN2O3S/c21-17-8-4-7-16-18(17)23-20(24)19(16)22-13-9-11-15(12-10-13)27(25,26)14-5-2-1-3-6-14/h1-12H,(H,22,23,24). The first-order chi connectivity index (χ1) is 13.0. The fourth-order valence-electron chi connectivity index (χ4n) is 2.82. The third kappa shape index (κ3) is 3.13. The van der Waals surface area contributed by atoms with Gasteiger partial charge in [0.05, 0.1) is 26.2 Å². The van der Waals surface area contributed by atoms with Crippen LogP contribution in [0.2, 0.25) is 5.02 Å². The second kappa shape index (κ2) is 6.64. The van der Waals surface area contributed by atoms with E-state index < -0.39 is 9.84 Å². The molecule has 1 amide bonds. The number of halogens is 1. The Bertz CT molecular complexity index is 1170. The van der Waals surface area contributed by atoms with Gasteiger partial charge in [0, 0.05) is 5.56 Å². The summed E-state index contributed by atoms with van der Waals surface area (Å²) < 4.78 is 25.3. The number of fused-ring (bicyclic) bond motifs is 1. The molecule has 0 aromatic heterocycles. The summed E-state index contributed by atoms with van der Waals surface area (Å²) >= 11 is 6.10. The molecule has 0 fully saturated rings. The molecule has 0 unspecified atom stereocenters. The number of sulfone groups is 1. The third-order valence-electron chi connectivity index (χ3n) is 4.16. The van der Waals surface area contributed by atoms with Gasteiger partial charge in [-0.05, 0) is 42.5 Å². The van der Waals surface area contributed by atoms with Crippen LogP contribution in [-0.2, 0) is 14.6 Å². The van der Waals surface area contributed by atoms with Gasteiger partial charge < -0.3 is 5.32 Å². The van der Waals surface area contributed by atoms with Gasteiger partial charge in [-0.25, -0.2) is 13.4 Å². The molecular weight excluding hydrogens is 384 g/mol. The van der Waals surface area contributed by atoms with Crippen LogP contribution in [0, 0.1) is 0 Å². The maximum atomic E-state index is 12.6. The fraction of sp³-hybridized carbons (Fsp3) is 0. The zero-order valence-corrected chi connectivity index (χ0v) is 15.5. The van der Waals surface area contributed by atoms with E-state index in [1.54, 1.807) is 60.7 Å². The van der Waals surface area contributed by atoms with Gasteiger partial charge in [-0.15, -0.1) is 0 Å². The Hall–Kier alpha value is -2.96. The highest BCUT2D eigenvalue weighted by Gasteiger charge is 2.27. The minimum absolute atomic E-state index is 0.164. The molecule has 0 aliphatic carbocycles. The third-order valence-corrected chi connectivity index (χ3v) is 6.26. The molecule has 1 N–H and O–H groups in total. The van der Waals surface area contributed by atoms with Crippen molar-refractivity contribution in [3.8, 4) is 0 Å². The first-order valence-electron chi connectivity index (χ1n) is 8.06. The summed E-state index contributed by atoms with van der Waals surface area (Å²) in [4.78, 5) is 17.0. The predicted molar refractivity (Wildman–Crippen MR) is 105 cm³/mol. The van der Waals surface area contributed by atoms with Crippen LogP contribution in [0.1, 0.15) is 5.56 Å². The van der Waals surface area contributed by atoms with E-state index in [1.807, 2.05) is 0 Å². The predicted octanol–water partition coefficient (Wildman–Crippen LogP) is 4.25. The molecule has 3 aromatic rings. The van der Waals surface area contributed by atoms with Gasteiger partial charge >= 0.3 is 0 Å². The fourth-order valence-corrected chi connectivity index (χ4v) is 4.32. The van der Waals surface area contributed by atoms with Gasteiger partial charge in [0.25, 0.3) is 5.91 Å². The van der Waals surface area contributed by atoms with Crippen molar-refractivity contribution in [2.45, 2.75) is 9.79 Å². The van der Waals surface area contributed by atoms with Crippen molar-refractivity contribution in [2.24, 2.45) is 4.99 Å². The molecule has 1 aliphatic heterocycles. The quantitative estimate of drug-likeness (QED) is 0.719. The number of carbonyl (C=O) groups excluding carboxylic acids is 1. The van der Waals surface area contributed by atoms with Crippen LogP contribution >= 0.6 is 11.6 Å². The molecule has 7 heteroatoms. The second-order valence-corrected chi connectivity index (χ2v) is 8.24. The first-order valence-corrected chi connectivity index (χ1v) is 9.92. The van der Waals surface area contributed by atoms with Crippen molar-refractivity contribution in [3.63, 3.8) is 0 Å². The number of amides is 1. The van der Waals surface area contributed by atoms with E-state index in [-0.39, 0.29) is 21.4 Å². The average Bonchev–Trinajstić information content (AvgIpc) is 3.00. The number of nitrogens with zero attached hydrogens (tertiary/aromatic N) is 1. The lowest BCUT2D eigenvalue weighted by molar-refractivity contribution is -0.110. The zero-order chi connectivity index (χ0) is 19.0. The van der Waals surface area contributed by atoms with E-state index in [2.05, 4.69) is 10.3 Å². The van der Waals surface area contributed by atoms with E-state index in [1.165, 1.54) is 12.1 Å². The molecule has 5 nitrogen and oxygen atoms in total. The Morgan fingerprint density at radius 3 is 2.19 bits per heavy atom. The van der Waals surface area contributed by atoms with Gasteiger partial charge in [0.2, 0.25) is 9.84 Å². The number of hydrogen-bond donors (Lipinski definition) is 1. The Labute approximate surface area is 161 Å². The van der Waals surface area contributed by atoms with Crippen LogP contribution in [-0.4, -0.2) is 20.0 Å². The molecule has 4 rings (SSSR count). The SMILES string of the molecule is O=C1Nc2c(Cl)cccc2C1=Nc1ccc(S(=O)(=O)c2ccccc2)cc1. The Morgan fingerprint density at radius 1 is 0.815 bits per heavy atom. The smallest absolute Gasteiger partial charge is 0.275 e. The zero-order valence-electron chi connectivity index (χ0n) is 13.9. The number of nitrogens with one attached hydrogen (secondary N) is 1. The summed E-state index contributed by atoms with van der Waals surface area (Å²) in [5.41, 5.74) is 1.87. The largest absolute Gasteiger partial charge is 0.319 e. The number of benzene rings is 3. The van der Waals surface area contributed by atoms with Crippen molar-refractivity contribution >= 4 is 44.4 Å². The van der Waals surface area contributed by atoms with Crippen molar-refractivity contribution in [2.75, 3.05) is 5.32 Å². The topological polar surface area (TPSA) is 75.6 Å². The van der Waals surface area contributed by atoms with Gasteiger partial charge in [-0.3, -0.25) is 4.79 Å². The Kier molecular flexibility index (Phi) is 4.30. The molecule has 0 saturated carbocycles. The number of aliphatic imine (C=N–C) groups is 1. The minimum Gasteiger partial charge on any atom is -0.319 e. The highest BCUT2D eigenvalue weighted by Crippen LogP contribution is 2.32. The first kappa shape index (κ1) is 17.5. The number of rotatable bonds is 3. The van der Waals surface area contributed by atoms with Gasteiger partial charge in [-0.1, -0.05) is 41.9 Å². The van der Waals surface area contributed by atoms with Crippen LogP contribution in [0.15, 0.2) is 87.6 Å². The van der Waals surface area contributed by atoms with E-state index in [0.29, 0.717) is 22.0 Å².